The van der Waals surface area contributed by atoms with Crippen molar-refractivity contribution in [1.82, 2.24) is 0 Å². The molecule has 0 aliphatic heterocycles. The van der Waals surface area contributed by atoms with Crippen LogP contribution in [0.3, 0.4) is 0 Å². The third-order valence-corrected chi connectivity index (χ3v) is 3.93. The Kier molecular flexibility index (Phi) is 7.14. The molecular weight excluding hydrogens is 308 g/mol. The van der Waals surface area contributed by atoms with Crippen LogP contribution in [-0.2, 0) is 12.5 Å². The van der Waals surface area contributed by atoms with Gasteiger partial charge in [0.1, 0.15) is 5.84 Å². The fourth-order valence-corrected chi connectivity index (χ4v) is 1.81. The number of benzene rings is 1. The molecule has 0 aliphatic carbocycles. The van der Waals surface area contributed by atoms with E-state index in [1.54, 1.807) is 18.2 Å². The molecule has 1 atom stereocenters. The molecule has 0 saturated heterocycles. The summed E-state index contributed by atoms with van der Waals surface area (Å²) in [4.78, 5) is 4.20. The Morgan fingerprint density at radius 2 is 1.75 bits per heavy atom. The molecule has 0 aliphatic rings. The van der Waals surface area contributed by atoms with Gasteiger partial charge in [-0.25, -0.2) is 8.78 Å². The number of hydrogen-bond donors (Lipinski definition) is 2. The zero-order chi connectivity index (χ0) is 18.3. The summed E-state index contributed by atoms with van der Waals surface area (Å²) in [6, 6.07) is 6.04. The summed E-state index contributed by atoms with van der Waals surface area (Å²) >= 11 is 0. The second-order valence-electron chi connectivity index (χ2n) is 6.40. The Bertz CT molecular complexity index is 608. The molecule has 0 bridgehead atoms. The Morgan fingerprint density at radius 1 is 1.17 bits per heavy atom. The second-order valence-corrected chi connectivity index (χ2v) is 6.40. The van der Waals surface area contributed by atoms with Gasteiger partial charge in [-0.2, -0.15) is 0 Å². The average molecular weight is 335 g/mol. The standard InChI is InChI=1S/C19H27F2N3/c1-13(2)14(3)6-5-7-17(22)18(23)24-12-15-8-10-16(11-9-15)19(4,20)21/h5-11,13-14H,12,22H2,1-4H3,(H2,23,24)/b6-5-,17-7-. The molecule has 1 aromatic carbocycles. The van der Waals surface area contributed by atoms with Crippen LogP contribution in [0.25, 0.3) is 0 Å². The van der Waals surface area contributed by atoms with Gasteiger partial charge in [0.15, 0.2) is 0 Å². The number of halogens is 2. The van der Waals surface area contributed by atoms with Gasteiger partial charge in [0, 0.05) is 12.5 Å². The summed E-state index contributed by atoms with van der Waals surface area (Å²) < 4.78 is 26.3. The van der Waals surface area contributed by atoms with Crippen LogP contribution in [0.15, 0.2) is 53.2 Å². The number of nitrogens with zero attached hydrogens (tertiary/aromatic N) is 1. The Balaban J connectivity index is 2.69. The normalized spacial score (nSPS) is 15.3. The minimum absolute atomic E-state index is 0.0213. The largest absolute Gasteiger partial charge is 0.396 e. The number of rotatable bonds is 7. The van der Waals surface area contributed by atoms with E-state index in [0.717, 1.165) is 12.5 Å². The highest BCUT2D eigenvalue weighted by Gasteiger charge is 2.23. The summed E-state index contributed by atoms with van der Waals surface area (Å²) in [6.07, 6.45) is 5.66. The van der Waals surface area contributed by atoms with Crippen LogP contribution < -0.4 is 11.5 Å². The van der Waals surface area contributed by atoms with Crippen LogP contribution in [0.4, 0.5) is 8.78 Å². The van der Waals surface area contributed by atoms with Crippen LogP contribution in [0.2, 0.25) is 0 Å². The highest BCUT2D eigenvalue weighted by molar-refractivity contribution is 5.96. The molecule has 1 aromatic rings. The van der Waals surface area contributed by atoms with E-state index in [2.05, 4.69) is 31.8 Å². The fourth-order valence-electron chi connectivity index (χ4n) is 1.81. The maximum atomic E-state index is 13.2. The first-order valence-corrected chi connectivity index (χ1v) is 8.02. The van der Waals surface area contributed by atoms with Crippen molar-refractivity contribution in [3.63, 3.8) is 0 Å². The lowest BCUT2D eigenvalue weighted by Crippen LogP contribution is -2.21. The third-order valence-electron chi connectivity index (χ3n) is 3.93. The van der Waals surface area contributed by atoms with E-state index in [1.807, 2.05) is 6.08 Å². The summed E-state index contributed by atoms with van der Waals surface area (Å²) in [5, 5.41) is 0. The summed E-state index contributed by atoms with van der Waals surface area (Å²) in [5.41, 5.74) is 12.9. The first-order valence-electron chi connectivity index (χ1n) is 8.02. The predicted molar refractivity (Wildman–Crippen MR) is 96.7 cm³/mol. The van der Waals surface area contributed by atoms with Crippen molar-refractivity contribution < 1.29 is 8.78 Å². The first-order chi connectivity index (χ1) is 11.1. The van der Waals surface area contributed by atoms with E-state index in [0.29, 0.717) is 24.1 Å². The molecule has 1 rings (SSSR count). The molecular formula is C19H27F2N3. The van der Waals surface area contributed by atoms with Gasteiger partial charge < -0.3 is 11.5 Å². The van der Waals surface area contributed by atoms with Crippen LogP contribution in [0.5, 0.6) is 0 Å². The average Bonchev–Trinajstić information content (AvgIpc) is 2.51. The molecule has 0 aromatic heterocycles. The van der Waals surface area contributed by atoms with Gasteiger partial charge in [-0.15, -0.1) is 0 Å². The maximum absolute atomic E-state index is 13.2. The fraction of sp³-hybridized carbons (Fsp3) is 0.421. The predicted octanol–water partition coefficient (Wildman–Crippen LogP) is 4.35. The smallest absolute Gasteiger partial charge is 0.270 e. The Morgan fingerprint density at radius 3 is 2.25 bits per heavy atom. The lowest BCUT2D eigenvalue weighted by Gasteiger charge is -2.10. The SMILES string of the molecule is CC(C)C(C)/C=C\C=C(/N)C(N)=NCc1ccc(C(C)(F)F)cc1. The number of hydrogen-bond acceptors (Lipinski definition) is 2. The molecule has 0 radical (unpaired) electrons. The van der Waals surface area contributed by atoms with Crippen molar-refractivity contribution >= 4 is 5.84 Å². The van der Waals surface area contributed by atoms with E-state index in [4.69, 9.17) is 11.5 Å². The highest BCUT2D eigenvalue weighted by Crippen LogP contribution is 2.26. The topological polar surface area (TPSA) is 64.4 Å². The van der Waals surface area contributed by atoms with Crippen molar-refractivity contribution in [2.24, 2.45) is 28.3 Å². The van der Waals surface area contributed by atoms with Crippen LogP contribution in [0.1, 0.15) is 38.8 Å². The van der Waals surface area contributed by atoms with Gasteiger partial charge in [0.2, 0.25) is 0 Å². The van der Waals surface area contributed by atoms with Crippen molar-refractivity contribution in [2.75, 3.05) is 0 Å². The quantitative estimate of drug-likeness (QED) is 0.442. The molecule has 0 saturated carbocycles. The molecule has 24 heavy (non-hydrogen) atoms. The number of aliphatic imine (C=N–C) groups is 1. The number of alkyl halides is 2. The van der Waals surface area contributed by atoms with Crippen LogP contribution in [-0.4, -0.2) is 5.84 Å². The molecule has 1 unspecified atom stereocenters. The van der Waals surface area contributed by atoms with Crippen molar-refractivity contribution in [2.45, 2.75) is 40.2 Å². The van der Waals surface area contributed by atoms with Crippen molar-refractivity contribution in [3.8, 4) is 0 Å². The van der Waals surface area contributed by atoms with Crippen molar-refractivity contribution in [1.29, 1.82) is 0 Å². The number of amidine groups is 1. The van der Waals surface area contributed by atoms with E-state index >= 15 is 0 Å². The zero-order valence-corrected chi connectivity index (χ0v) is 14.8. The van der Waals surface area contributed by atoms with Crippen LogP contribution in [0, 0.1) is 11.8 Å². The summed E-state index contributed by atoms with van der Waals surface area (Å²) in [7, 11) is 0. The molecule has 5 heteroatoms. The monoisotopic (exact) mass is 335 g/mol. The molecule has 3 nitrogen and oxygen atoms in total. The molecule has 0 spiro atoms. The molecule has 132 valence electrons. The van der Waals surface area contributed by atoms with E-state index in [1.165, 1.54) is 12.1 Å². The second kappa shape index (κ2) is 8.62. The van der Waals surface area contributed by atoms with Crippen LogP contribution >= 0.6 is 0 Å². The number of nitrogens with two attached hydrogens (primary N) is 2. The zero-order valence-electron chi connectivity index (χ0n) is 14.8. The van der Waals surface area contributed by atoms with Gasteiger partial charge in [-0.3, -0.25) is 4.99 Å². The van der Waals surface area contributed by atoms with Gasteiger partial charge in [-0.05, 0) is 23.5 Å². The molecule has 0 amide bonds. The van der Waals surface area contributed by atoms with E-state index in [-0.39, 0.29) is 11.4 Å². The van der Waals surface area contributed by atoms with Gasteiger partial charge in [0.05, 0.1) is 12.2 Å². The lowest BCUT2D eigenvalue weighted by molar-refractivity contribution is 0.0174. The third kappa shape index (κ3) is 6.52. The van der Waals surface area contributed by atoms with E-state index in [9.17, 15) is 8.78 Å². The van der Waals surface area contributed by atoms with Gasteiger partial charge >= 0.3 is 0 Å². The summed E-state index contributed by atoms with van der Waals surface area (Å²) in [5.74, 6) is -1.60. The maximum Gasteiger partial charge on any atom is 0.270 e. The van der Waals surface area contributed by atoms with Gasteiger partial charge in [-0.1, -0.05) is 57.2 Å². The summed E-state index contributed by atoms with van der Waals surface area (Å²) in [6.45, 7) is 7.60. The molecule has 4 N–H and O–H groups in total. The Hall–Kier alpha value is -2.17. The molecule has 0 heterocycles. The Labute approximate surface area is 143 Å². The molecule has 0 fully saturated rings. The first kappa shape index (κ1) is 19.9. The van der Waals surface area contributed by atoms with Gasteiger partial charge in [0.25, 0.3) is 5.92 Å². The van der Waals surface area contributed by atoms with Crippen molar-refractivity contribution in [3.05, 3.63) is 59.3 Å². The minimum atomic E-state index is -2.84. The lowest BCUT2D eigenvalue weighted by atomic mass is 9.98. The number of allylic oxidation sites excluding steroid dienone is 3. The minimum Gasteiger partial charge on any atom is -0.396 e. The van der Waals surface area contributed by atoms with E-state index < -0.39 is 5.92 Å². The highest BCUT2D eigenvalue weighted by atomic mass is 19.3.